The van der Waals surface area contributed by atoms with Gasteiger partial charge in [-0.2, -0.15) is 0 Å². The van der Waals surface area contributed by atoms with Crippen molar-refractivity contribution in [3.63, 3.8) is 0 Å². The number of nitrogens with one attached hydrogen (secondary N) is 1. The van der Waals surface area contributed by atoms with E-state index in [1.165, 1.54) is 18.4 Å². The van der Waals surface area contributed by atoms with Gasteiger partial charge in [0, 0.05) is 18.1 Å². The van der Waals surface area contributed by atoms with Gasteiger partial charge in [-0.05, 0) is 58.7 Å². The summed E-state index contributed by atoms with van der Waals surface area (Å²) in [7, 11) is 0. The van der Waals surface area contributed by atoms with E-state index < -0.39 is 0 Å². The van der Waals surface area contributed by atoms with Crippen molar-refractivity contribution < 1.29 is 5.11 Å². The zero-order valence-corrected chi connectivity index (χ0v) is 13.6. The minimum atomic E-state index is -0.324. The van der Waals surface area contributed by atoms with E-state index in [1.807, 2.05) is 18.2 Å². The minimum Gasteiger partial charge on any atom is -0.391 e. The Kier molecular flexibility index (Phi) is 6.22. The molecule has 0 aromatic heterocycles. The Labute approximate surface area is 129 Å². The average molecular weight is 290 g/mol. The van der Waals surface area contributed by atoms with Crippen LogP contribution in [0.25, 0.3) is 0 Å². The summed E-state index contributed by atoms with van der Waals surface area (Å²) in [5, 5.41) is 14.0. The highest BCUT2D eigenvalue weighted by Crippen LogP contribution is 2.14. The fourth-order valence-corrected chi connectivity index (χ4v) is 3.10. The summed E-state index contributed by atoms with van der Waals surface area (Å²) >= 11 is 0. The molecule has 0 radical (unpaired) electrons. The van der Waals surface area contributed by atoms with Crippen molar-refractivity contribution in [2.45, 2.75) is 64.3 Å². The molecule has 3 nitrogen and oxygen atoms in total. The van der Waals surface area contributed by atoms with Gasteiger partial charge in [0.05, 0.1) is 6.10 Å². The third-order valence-electron chi connectivity index (χ3n) is 4.62. The Bertz CT molecular complexity index is 399. The van der Waals surface area contributed by atoms with E-state index in [9.17, 15) is 5.11 Å². The normalized spacial score (nSPS) is 20.6. The first-order valence-electron chi connectivity index (χ1n) is 8.28. The molecule has 1 aliphatic rings. The van der Waals surface area contributed by atoms with Gasteiger partial charge in [0.15, 0.2) is 0 Å². The summed E-state index contributed by atoms with van der Waals surface area (Å²) in [4.78, 5) is 2.53. The quantitative estimate of drug-likeness (QED) is 0.845. The highest BCUT2D eigenvalue weighted by atomic mass is 16.3. The lowest BCUT2D eigenvalue weighted by Crippen LogP contribution is -2.50. The van der Waals surface area contributed by atoms with E-state index in [-0.39, 0.29) is 12.1 Å². The fraction of sp³-hybridized carbons (Fsp3) is 0.667. The molecule has 1 heterocycles. The summed E-state index contributed by atoms with van der Waals surface area (Å²) in [5.74, 6) is 0. The molecule has 0 saturated carbocycles. The van der Waals surface area contributed by atoms with E-state index in [2.05, 4.69) is 43.1 Å². The van der Waals surface area contributed by atoms with Gasteiger partial charge in [-0.3, -0.25) is 0 Å². The van der Waals surface area contributed by atoms with Gasteiger partial charge in [0.2, 0.25) is 0 Å². The summed E-state index contributed by atoms with van der Waals surface area (Å²) < 4.78 is 0. The summed E-state index contributed by atoms with van der Waals surface area (Å²) in [6.07, 6.45) is 2.76. The van der Waals surface area contributed by atoms with Crippen molar-refractivity contribution in [3.8, 4) is 0 Å². The average Bonchev–Trinajstić information content (AvgIpc) is 2.48. The molecular weight excluding hydrogens is 260 g/mol. The Morgan fingerprint density at radius 3 is 2.33 bits per heavy atom. The molecule has 1 aliphatic heterocycles. The maximum atomic E-state index is 10.4. The van der Waals surface area contributed by atoms with E-state index in [0.717, 1.165) is 19.5 Å². The molecule has 1 fully saturated rings. The zero-order valence-electron chi connectivity index (χ0n) is 13.6. The van der Waals surface area contributed by atoms with E-state index in [0.29, 0.717) is 12.1 Å². The number of rotatable bonds is 6. The van der Waals surface area contributed by atoms with Crippen molar-refractivity contribution in [2.24, 2.45) is 0 Å². The molecule has 21 heavy (non-hydrogen) atoms. The second-order valence-electron chi connectivity index (χ2n) is 6.62. The van der Waals surface area contributed by atoms with Crippen LogP contribution in [0.2, 0.25) is 0 Å². The molecule has 0 bridgehead atoms. The molecule has 1 aromatic carbocycles. The third kappa shape index (κ3) is 5.10. The van der Waals surface area contributed by atoms with E-state index in [4.69, 9.17) is 0 Å². The molecule has 1 saturated heterocycles. The maximum Gasteiger partial charge on any atom is 0.0730 e. The van der Waals surface area contributed by atoms with Crippen LogP contribution >= 0.6 is 0 Å². The van der Waals surface area contributed by atoms with Crippen LogP contribution < -0.4 is 5.32 Å². The van der Waals surface area contributed by atoms with E-state index in [1.54, 1.807) is 0 Å². The predicted molar refractivity (Wildman–Crippen MR) is 88.5 cm³/mol. The van der Waals surface area contributed by atoms with Gasteiger partial charge < -0.3 is 15.3 Å². The van der Waals surface area contributed by atoms with Crippen molar-refractivity contribution in [1.82, 2.24) is 10.2 Å². The molecule has 0 spiro atoms. The molecule has 3 heteroatoms. The molecule has 2 atom stereocenters. The lowest BCUT2D eigenvalue weighted by molar-refractivity contribution is 0.108. The Morgan fingerprint density at radius 2 is 1.76 bits per heavy atom. The van der Waals surface area contributed by atoms with Crippen LogP contribution in [0.5, 0.6) is 0 Å². The number of hydrogen-bond acceptors (Lipinski definition) is 3. The molecule has 1 aromatic rings. The highest BCUT2D eigenvalue weighted by molar-refractivity contribution is 5.15. The van der Waals surface area contributed by atoms with Gasteiger partial charge in [-0.1, -0.05) is 30.3 Å². The standard InChI is InChI=1S/C18H30N2O/c1-14(2)20-11-9-17(10-12-20)19-15(3)18(21)13-16-7-5-4-6-8-16/h4-8,14-15,17-19,21H,9-13H2,1-3H3/t15-,18+/m1/s1. The molecule has 118 valence electrons. The van der Waals surface area contributed by atoms with Crippen molar-refractivity contribution >= 4 is 0 Å². The molecule has 0 amide bonds. The molecule has 0 aliphatic carbocycles. The fourth-order valence-electron chi connectivity index (χ4n) is 3.10. The Balaban J connectivity index is 1.75. The number of aliphatic hydroxyl groups excluding tert-OH is 1. The molecular formula is C18H30N2O. The number of aliphatic hydroxyl groups is 1. The number of piperidine rings is 1. The monoisotopic (exact) mass is 290 g/mol. The van der Waals surface area contributed by atoms with Gasteiger partial charge in [-0.25, -0.2) is 0 Å². The first kappa shape index (κ1) is 16.5. The zero-order chi connectivity index (χ0) is 15.2. The van der Waals surface area contributed by atoms with Crippen LogP contribution in [0.15, 0.2) is 30.3 Å². The largest absolute Gasteiger partial charge is 0.391 e. The number of likely N-dealkylation sites (tertiary alicyclic amines) is 1. The van der Waals surface area contributed by atoms with Gasteiger partial charge in [0.1, 0.15) is 0 Å². The molecule has 0 unspecified atom stereocenters. The van der Waals surface area contributed by atoms with Crippen LogP contribution in [0.1, 0.15) is 39.2 Å². The van der Waals surface area contributed by atoms with Crippen LogP contribution in [0.3, 0.4) is 0 Å². The maximum absolute atomic E-state index is 10.4. The number of benzene rings is 1. The topological polar surface area (TPSA) is 35.5 Å². The lowest BCUT2D eigenvalue weighted by Gasteiger charge is -2.36. The third-order valence-corrected chi connectivity index (χ3v) is 4.62. The van der Waals surface area contributed by atoms with E-state index >= 15 is 0 Å². The van der Waals surface area contributed by atoms with Crippen LogP contribution in [0, 0.1) is 0 Å². The van der Waals surface area contributed by atoms with Crippen LogP contribution in [-0.4, -0.2) is 47.3 Å². The van der Waals surface area contributed by atoms with Crippen molar-refractivity contribution in [2.75, 3.05) is 13.1 Å². The lowest BCUT2D eigenvalue weighted by atomic mass is 9.99. The van der Waals surface area contributed by atoms with Crippen LogP contribution in [0.4, 0.5) is 0 Å². The van der Waals surface area contributed by atoms with Gasteiger partial charge in [0.25, 0.3) is 0 Å². The minimum absolute atomic E-state index is 0.140. The van der Waals surface area contributed by atoms with Crippen molar-refractivity contribution in [3.05, 3.63) is 35.9 Å². The first-order valence-corrected chi connectivity index (χ1v) is 8.28. The summed E-state index contributed by atoms with van der Waals surface area (Å²) in [5.41, 5.74) is 1.20. The molecule has 2 rings (SSSR count). The second kappa shape index (κ2) is 7.92. The summed E-state index contributed by atoms with van der Waals surface area (Å²) in [6.45, 7) is 8.95. The highest BCUT2D eigenvalue weighted by Gasteiger charge is 2.24. The molecule has 2 N–H and O–H groups in total. The smallest absolute Gasteiger partial charge is 0.0730 e. The van der Waals surface area contributed by atoms with Gasteiger partial charge >= 0.3 is 0 Å². The Hall–Kier alpha value is -0.900. The number of hydrogen-bond donors (Lipinski definition) is 2. The second-order valence-corrected chi connectivity index (χ2v) is 6.62. The SMILES string of the molecule is CC(C)N1CCC(N[C@H](C)[C@@H](O)Cc2ccccc2)CC1. The van der Waals surface area contributed by atoms with Crippen LogP contribution in [-0.2, 0) is 6.42 Å². The first-order chi connectivity index (χ1) is 10.1. The van der Waals surface area contributed by atoms with Crippen molar-refractivity contribution in [1.29, 1.82) is 0 Å². The number of nitrogens with zero attached hydrogens (tertiary/aromatic N) is 1. The Morgan fingerprint density at radius 1 is 1.14 bits per heavy atom. The summed E-state index contributed by atoms with van der Waals surface area (Å²) in [6, 6.07) is 11.6. The van der Waals surface area contributed by atoms with Gasteiger partial charge in [-0.15, -0.1) is 0 Å². The predicted octanol–water partition coefficient (Wildman–Crippen LogP) is 2.44.